The summed E-state index contributed by atoms with van der Waals surface area (Å²) in [4.78, 5) is 22.4. The Kier molecular flexibility index (Phi) is 3.51. The van der Waals surface area contributed by atoms with Crippen LogP contribution in [0.15, 0.2) is 24.7 Å². The second kappa shape index (κ2) is 5.60. The highest BCUT2D eigenvalue weighted by Gasteiger charge is 2.36. The maximum absolute atomic E-state index is 12.7. The van der Waals surface area contributed by atoms with Crippen LogP contribution in [0.25, 0.3) is 0 Å². The van der Waals surface area contributed by atoms with Gasteiger partial charge >= 0.3 is 12.2 Å². The van der Waals surface area contributed by atoms with E-state index in [1.54, 1.807) is 26.9 Å². The van der Waals surface area contributed by atoms with Gasteiger partial charge in [0.05, 0.1) is 17.9 Å². The zero-order chi connectivity index (χ0) is 17.6. The number of aromatic nitrogens is 4. The van der Waals surface area contributed by atoms with E-state index in [1.807, 2.05) is 0 Å². The normalized spacial score (nSPS) is 18.4. The first-order chi connectivity index (χ1) is 11.9. The molecule has 0 radical (unpaired) electrons. The molecule has 2 saturated heterocycles. The Morgan fingerprint density at radius 2 is 2.08 bits per heavy atom. The van der Waals surface area contributed by atoms with Gasteiger partial charge in [-0.2, -0.15) is 18.3 Å². The largest absolute Gasteiger partial charge is 0.433 e. The Bertz CT molecular complexity index is 800. The molecule has 2 amide bonds. The predicted molar refractivity (Wildman–Crippen MR) is 81.3 cm³/mol. The third kappa shape index (κ3) is 2.85. The standard InChI is InChI=1S/C14H14F3N7O/c15-14(16,17)11-1-2-18-12(21-11)22-6-10(7-22)24-8-9(5-20-24)23-4-3-19-13(23)25/h1-2,5,8,10H,3-4,6-7H2,(H,19,25). The molecule has 2 aromatic heterocycles. The number of urea groups is 1. The van der Waals surface area contributed by atoms with Gasteiger partial charge < -0.3 is 10.2 Å². The van der Waals surface area contributed by atoms with Crippen molar-refractivity contribution in [3.05, 3.63) is 30.4 Å². The van der Waals surface area contributed by atoms with E-state index in [0.717, 1.165) is 12.3 Å². The van der Waals surface area contributed by atoms with Gasteiger partial charge in [0.15, 0.2) is 0 Å². The number of hydrogen-bond acceptors (Lipinski definition) is 5. The molecule has 0 atom stereocenters. The van der Waals surface area contributed by atoms with Gasteiger partial charge in [-0.25, -0.2) is 14.8 Å². The molecule has 0 saturated carbocycles. The molecule has 132 valence electrons. The van der Waals surface area contributed by atoms with Crippen molar-refractivity contribution >= 4 is 17.7 Å². The summed E-state index contributed by atoms with van der Waals surface area (Å²) in [5, 5.41) is 6.96. The van der Waals surface area contributed by atoms with Crippen LogP contribution >= 0.6 is 0 Å². The van der Waals surface area contributed by atoms with Gasteiger partial charge in [-0.15, -0.1) is 0 Å². The fourth-order valence-corrected chi connectivity index (χ4v) is 2.83. The van der Waals surface area contributed by atoms with Gasteiger partial charge in [-0.3, -0.25) is 9.58 Å². The minimum atomic E-state index is -4.49. The van der Waals surface area contributed by atoms with Crippen LogP contribution < -0.4 is 15.1 Å². The predicted octanol–water partition coefficient (Wildman–Crippen LogP) is 1.28. The van der Waals surface area contributed by atoms with Crippen molar-refractivity contribution in [2.75, 3.05) is 36.0 Å². The average molecular weight is 353 g/mol. The minimum absolute atomic E-state index is 0.00226. The number of nitrogens with zero attached hydrogens (tertiary/aromatic N) is 6. The third-order valence-corrected chi connectivity index (χ3v) is 4.21. The Hall–Kier alpha value is -2.85. The van der Waals surface area contributed by atoms with Crippen LogP contribution in [0.5, 0.6) is 0 Å². The summed E-state index contributed by atoms with van der Waals surface area (Å²) < 4.78 is 39.9. The van der Waals surface area contributed by atoms with Crippen molar-refractivity contribution in [1.29, 1.82) is 0 Å². The monoisotopic (exact) mass is 353 g/mol. The van der Waals surface area contributed by atoms with Crippen LogP contribution in [0.2, 0.25) is 0 Å². The molecule has 2 fully saturated rings. The number of rotatable bonds is 3. The quantitative estimate of drug-likeness (QED) is 0.899. The van der Waals surface area contributed by atoms with E-state index >= 15 is 0 Å². The van der Waals surface area contributed by atoms with Crippen LogP contribution in [-0.2, 0) is 6.18 Å². The van der Waals surface area contributed by atoms with E-state index in [-0.39, 0.29) is 18.0 Å². The Morgan fingerprint density at radius 1 is 1.28 bits per heavy atom. The molecule has 1 N–H and O–H groups in total. The number of amides is 2. The van der Waals surface area contributed by atoms with Crippen molar-refractivity contribution in [3.63, 3.8) is 0 Å². The number of carbonyl (C=O) groups excluding carboxylic acids is 1. The lowest BCUT2D eigenvalue weighted by Crippen LogP contribution is -2.49. The van der Waals surface area contributed by atoms with Crippen LogP contribution in [-0.4, -0.2) is 52.0 Å². The highest BCUT2D eigenvalue weighted by molar-refractivity contribution is 5.93. The fourth-order valence-electron chi connectivity index (χ4n) is 2.83. The molecular weight excluding hydrogens is 339 g/mol. The summed E-state index contributed by atoms with van der Waals surface area (Å²) in [7, 11) is 0. The summed E-state index contributed by atoms with van der Waals surface area (Å²) in [5.74, 6) is 0.0531. The van der Waals surface area contributed by atoms with E-state index in [2.05, 4.69) is 20.4 Å². The zero-order valence-corrected chi connectivity index (χ0v) is 12.9. The zero-order valence-electron chi connectivity index (χ0n) is 12.9. The Labute approximate surface area is 140 Å². The Balaban J connectivity index is 1.43. The maximum Gasteiger partial charge on any atom is 0.433 e. The third-order valence-electron chi connectivity index (χ3n) is 4.21. The van der Waals surface area contributed by atoms with Crippen LogP contribution in [0, 0.1) is 0 Å². The SMILES string of the molecule is O=C1NCCN1c1cnn(C2CN(c3nccc(C(F)(F)F)n3)C2)c1. The molecule has 4 heterocycles. The van der Waals surface area contributed by atoms with Crippen LogP contribution in [0.4, 0.5) is 29.6 Å². The van der Waals surface area contributed by atoms with E-state index in [0.29, 0.717) is 31.9 Å². The first kappa shape index (κ1) is 15.7. The van der Waals surface area contributed by atoms with Crippen molar-refractivity contribution in [2.45, 2.75) is 12.2 Å². The summed E-state index contributed by atoms with van der Waals surface area (Å²) in [6, 6.07) is 0.687. The topological polar surface area (TPSA) is 79.2 Å². The van der Waals surface area contributed by atoms with Crippen LogP contribution in [0.1, 0.15) is 11.7 Å². The molecule has 0 bridgehead atoms. The molecule has 2 aromatic rings. The molecule has 0 unspecified atom stereocenters. The first-order valence-corrected chi connectivity index (χ1v) is 7.66. The molecular formula is C14H14F3N7O. The molecule has 8 nitrogen and oxygen atoms in total. The average Bonchev–Trinajstić information content (AvgIpc) is 3.14. The summed E-state index contributed by atoms with van der Waals surface area (Å²) >= 11 is 0. The van der Waals surface area contributed by atoms with Gasteiger partial charge in [0.25, 0.3) is 0 Å². The molecule has 4 rings (SSSR count). The van der Waals surface area contributed by atoms with Gasteiger partial charge in [-0.05, 0) is 6.07 Å². The van der Waals surface area contributed by atoms with E-state index < -0.39 is 11.9 Å². The molecule has 0 aromatic carbocycles. The smallest absolute Gasteiger partial charge is 0.336 e. The van der Waals surface area contributed by atoms with E-state index in [9.17, 15) is 18.0 Å². The first-order valence-electron chi connectivity index (χ1n) is 7.66. The lowest BCUT2D eigenvalue weighted by Gasteiger charge is -2.39. The molecule has 0 aliphatic carbocycles. The van der Waals surface area contributed by atoms with Crippen LogP contribution in [0.3, 0.4) is 0 Å². The lowest BCUT2D eigenvalue weighted by atomic mass is 10.1. The van der Waals surface area contributed by atoms with Crippen molar-refractivity contribution in [1.82, 2.24) is 25.1 Å². The summed E-state index contributed by atoms with van der Waals surface area (Å²) in [5.41, 5.74) is -0.258. The van der Waals surface area contributed by atoms with E-state index in [4.69, 9.17) is 0 Å². The molecule has 25 heavy (non-hydrogen) atoms. The molecule has 2 aliphatic heterocycles. The summed E-state index contributed by atoms with van der Waals surface area (Å²) in [6.07, 6.45) is -0.0140. The number of carbonyl (C=O) groups is 1. The second-order valence-corrected chi connectivity index (χ2v) is 5.86. The van der Waals surface area contributed by atoms with Gasteiger partial charge in [0.2, 0.25) is 5.95 Å². The summed E-state index contributed by atoms with van der Waals surface area (Å²) in [6.45, 7) is 2.08. The highest BCUT2D eigenvalue weighted by Crippen LogP contribution is 2.31. The number of halogens is 3. The highest BCUT2D eigenvalue weighted by atomic mass is 19.4. The Morgan fingerprint density at radius 3 is 2.76 bits per heavy atom. The molecule has 0 spiro atoms. The number of hydrogen-bond donors (Lipinski definition) is 1. The van der Waals surface area contributed by atoms with E-state index in [1.165, 1.54) is 0 Å². The maximum atomic E-state index is 12.7. The van der Waals surface area contributed by atoms with Crippen molar-refractivity contribution < 1.29 is 18.0 Å². The van der Waals surface area contributed by atoms with Gasteiger partial charge in [0, 0.05) is 38.6 Å². The van der Waals surface area contributed by atoms with Crippen molar-refractivity contribution in [3.8, 4) is 0 Å². The van der Waals surface area contributed by atoms with Gasteiger partial charge in [-0.1, -0.05) is 0 Å². The van der Waals surface area contributed by atoms with Gasteiger partial charge in [0.1, 0.15) is 5.69 Å². The number of anilines is 2. The fraction of sp³-hybridized carbons (Fsp3) is 0.429. The second-order valence-electron chi connectivity index (χ2n) is 5.86. The lowest BCUT2D eigenvalue weighted by molar-refractivity contribution is -0.141. The van der Waals surface area contributed by atoms with Crippen molar-refractivity contribution in [2.24, 2.45) is 0 Å². The molecule has 11 heteroatoms. The minimum Gasteiger partial charge on any atom is -0.336 e. The number of nitrogens with one attached hydrogen (secondary N) is 1. The number of alkyl halides is 3. The molecule has 2 aliphatic rings.